The minimum absolute atomic E-state index is 0. The molecule has 3 rings (SSSR count). The van der Waals surface area contributed by atoms with Crippen molar-refractivity contribution in [3.8, 4) is 0 Å². The van der Waals surface area contributed by atoms with Crippen LogP contribution in [0.2, 0.25) is 0 Å². The molecule has 5 atom stereocenters. The molecule has 0 aromatic rings. The van der Waals surface area contributed by atoms with Gasteiger partial charge in [0.1, 0.15) is 0 Å². The Morgan fingerprint density at radius 2 is 1.09 bits per heavy atom. The standard InChI is InChI=1S/C18H22O2.C9H12O.2CH4/c1-5-13-9-7-11(3)17(19)15(13)16-14(6-2)10-8-12(4)18(16)20;1-3-8-5-4-7(2)9(10)6-8;;/h5-8,13-16H,1-2,9-10H2,3-4H3;3-4,8H,1,5-6H2,2H3;2*1H4/t13-,14-,15-,16-;8-;;/m11../s1. The Bertz CT molecular complexity index is 788. The predicted octanol–water partition coefficient (Wildman–Crippen LogP) is 7.03. The van der Waals surface area contributed by atoms with E-state index in [0.29, 0.717) is 12.3 Å². The summed E-state index contributed by atoms with van der Waals surface area (Å²) in [6, 6.07) is 0. The summed E-state index contributed by atoms with van der Waals surface area (Å²) < 4.78 is 0. The maximum Gasteiger partial charge on any atom is 0.162 e. The summed E-state index contributed by atoms with van der Waals surface area (Å²) in [5.41, 5.74) is 2.46. The third-order valence-electron chi connectivity index (χ3n) is 6.64. The molecule has 0 aromatic carbocycles. The van der Waals surface area contributed by atoms with Crippen molar-refractivity contribution in [2.45, 2.75) is 61.3 Å². The molecule has 3 heteroatoms. The van der Waals surface area contributed by atoms with Crippen molar-refractivity contribution in [2.75, 3.05) is 0 Å². The van der Waals surface area contributed by atoms with Gasteiger partial charge in [0.25, 0.3) is 0 Å². The van der Waals surface area contributed by atoms with Gasteiger partial charge >= 0.3 is 0 Å². The molecule has 0 saturated carbocycles. The molecule has 0 fully saturated rings. The summed E-state index contributed by atoms with van der Waals surface area (Å²) in [5, 5.41) is 0. The first-order valence-corrected chi connectivity index (χ1v) is 10.7. The fourth-order valence-electron chi connectivity index (χ4n) is 4.48. The van der Waals surface area contributed by atoms with Crippen LogP contribution in [0.4, 0.5) is 0 Å². The normalized spacial score (nSPS) is 29.5. The lowest BCUT2D eigenvalue weighted by atomic mass is 9.63. The first-order chi connectivity index (χ1) is 14.2. The van der Waals surface area contributed by atoms with Crippen molar-refractivity contribution in [2.24, 2.45) is 29.6 Å². The highest BCUT2D eigenvalue weighted by molar-refractivity contribution is 6.05. The second kappa shape index (κ2) is 13.1. The van der Waals surface area contributed by atoms with E-state index >= 15 is 0 Å². The molecule has 32 heavy (non-hydrogen) atoms. The minimum atomic E-state index is -0.281. The number of carbonyl (C=O) groups is 3. The van der Waals surface area contributed by atoms with Crippen molar-refractivity contribution in [1.82, 2.24) is 0 Å². The molecule has 0 radical (unpaired) electrons. The highest BCUT2D eigenvalue weighted by Crippen LogP contribution is 2.41. The van der Waals surface area contributed by atoms with Gasteiger partial charge in [0, 0.05) is 18.3 Å². The highest BCUT2D eigenvalue weighted by Gasteiger charge is 2.44. The van der Waals surface area contributed by atoms with E-state index in [0.717, 1.165) is 36.0 Å². The monoisotopic (exact) mass is 438 g/mol. The second-order valence-corrected chi connectivity index (χ2v) is 8.57. The van der Waals surface area contributed by atoms with E-state index in [-0.39, 0.29) is 55.9 Å². The fraction of sp³-hybridized carbons (Fsp3) is 0.483. The van der Waals surface area contributed by atoms with Gasteiger partial charge in [-0.1, -0.05) is 51.3 Å². The average molecular weight is 439 g/mol. The fourth-order valence-corrected chi connectivity index (χ4v) is 4.48. The Morgan fingerprint density at radius 1 is 0.688 bits per heavy atom. The van der Waals surface area contributed by atoms with Crippen LogP contribution in [0, 0.1) is 29.6 Å². The maximum absolute atomic E-state index is 12.6. The lowest BCUT2D eigenvalue weighted by Gasteiger charge is -2.38. The Balaban J connectivity index is 0.000000683. The van der Waals surface area contributed by atoms with Gasteiger partial charge in [-0.05, 0) is 74.5 Å². The molecule has 0 saturated heterocycles. The van der Waals surface area contributed by atoms with Crippen LogP contribution in [-0.4, -0.2) is 17.3 Å². The maximum atomic E-state index is 12.6. The zero-order valence-electron chi connectivity index (χ0n) is 18.5. The quantitative estimate of drug-likeness (QED) is 0.443. The van der Waals surface area contributed by atoms with E-state index in [4.69, 9.17) is 0 Å². The molecule has 176 valence electrons. The molecule has 0 heterocycles. The summed E-state index contributed by atoms with van der Waals surface area (Å²) in [4.78, 5) is 36.2. The van der Waals surface area contributed by atoms with Gasteiger partial charge in [-0.2, -0.15) is 0 Å². The van der Waals surface area contributed by atoms with E-state index in [1.54, 1.807) is 0 Å². The van der Waals surface area contributed by atoms with Crippen LogP contribution in [0.3, 0.4) is 0 Å². The van der Waals surface area contributed by atoms with Gasteiger partial charge in [-0.25, -0.2) is 0 Å². The second-order valence-electron chi connectivity index (χ2n) is 8.57. The van der Waals surface area contributed by atoms with Crippen LogP contribution in [0.15, 0.2) is 72.9 Å². The van der Waals surface area contributed by atoms with Crippen molar-refractivity contribution in [3.63, 3.8) is 0 Å². The average Bonchev–Trinajstić information content (AvgIpc) is 2.74. The highest BCUT2D eigenvalue weighted by atomic mass is 16.1. The van der Waals surface area contributed by atoms with Gasteiger partial charge in [-0.3, -0.25) is 14.4 Å². The van der Waals surface area contributed by atoms with Gasteiger partial charge in [0.05, 0.1) is 0 Å². The number of rotatable bonds is 4. The Labute approximate surface area is 195 Å². The number of hydrogen-bond acceptors (Lipinski definition) is 3. The van der Waals surface area contributed by atoms with Crippen LogP contribution in [-0.2, 0) is 14.4 Å². The predicted molar refractivity (Wildman–Crippen MR) is 136 cm³/mol. The zero-order chi connectivity index (χ0) is 22.4. The van der Waals surface area contributed by atoms with E-state index in [1.807, 2.05) is 57.2 Å². The van der Waals surface area contributed by atoms with Crippen LogP contribution in [0.25, 0.3) is 0 Å². The van der Waals surface area contributed by atoms with E-state index in [9.17, 15) is 14.4 Å². The summed E-state index contributed by atoms with van der Waals surface area (Å²) in [5.74, 6) is 0.393. The minimum Gasteiger partial charge on any atom is -0.295 e. The summed E-state index contributed by atoms with van der Waals surface area (Å²) >= 11 is 0. The summed E-state index contributed by atoms with van der Waals surface area (Å²) in [6.45, 7) is 16.9. The third-order valence-corrected chi connectivity index (χ3v) is 6.64. The van der Waals surface area contributed by atoms with Gasteiger partial charge < -0.3 is 0 Å². The molecule has 0 aliphatic heterocycles. The SMILES string of the molecule is C.C.C=C[C@@H]1CC=C(C)C(=O)C1.C=C[C@@H]1CC=C(C)C(=O)[C@H]1[C@@H]1C(=O)C(C)=CC[C@H]1C=C. The van der Waals surface area contributed by atoms with Gasteiger partial charge in [-0.15, -0.1) is 19.7 Å². The molecule has 3 aliphatic rings. The molecule has 0 spiro atoms. The van der Waals surface area contributed by atoms with Crippen molar-refractivity contribution < 1.29 is 14.4 Å². The lowest BCUT2D eigenvalue weighted by molar-refractivity contribution is -0.132. The summed E-state index contributed by atoms with van der Waals surface area (Å²) in [7, 11) is 0. The smallest absolute Gasteiger partial charge is 0.162 e. The number of carbonyl (C=O) groups excluding carboxylic acids is 3. The molecule has 3 nitrogen and oxygen atoms in total. The van der Waals surface area contributed by atoms with Crippen molar-refractivity contribution in [1.29, 1.82) is 0 Å². The Kier molecular flexibility index (Phi) is 12.1. The molecule has 0 unspecified atom stereocenters. The van der Waals surface area contributed by atoms with Crippen LogP contribution in [0.5, 0.6) is 0 Å². The first-order valence-electron chi connectivity index (χ1n) is 10.7. The number of hydrogen-bond donors (Lipinski definition) is 0. The topological polar surface area (TPSA) is 51.2 Å². The Morgan fingerprint density at radius 3 is 1.44 bits per heavy atom. The van der Waals surface area contributed by atoms with Gasteiger partial charge in [0.2, 0.25) is 0 Å². The van der Waals surface area contributed by atoms with E-state index in [1.165, 1.54) is 0 Å². The molecular formula is C29H42O3. The molecule has 3 aliphatic carbocycles. The number of Topliss-reactive ketones (excluding diaryl/α,β-unsaturated/α-hetero) is 3. The Hall–Kier alpha value is -2.55. The lowest BCUT2D eigenvalue weighted by Crippen LogP contribution is -2.42. The molecule has 0 amide bonds. The van der Waals surface area contributed by atoms with E-state index in [2.05, 4.69) is 19.7 Å². The van der Waals surface area contributed by atoms with Gasteiger partial charge in [0.15, 0.2) is 17.3 Å². The molecule has 0 N–H and O–H groups in total. The molecule has 0 aromatic heterocycles. The van der Waals surface area contributed by atoms with Crippen molar-refractivity contribution >= 4 is 17.3 Å². The van der Waals surface area contributed by atoms with Crippen LogP contribution in [0.1, 0.15) is 61.3 Å². The van der Waals surface area contributed by atoms with E-state index < -0.39 is 0 Å². The molecule has 0 bridgehead atoms. The zero-order valence-corrected chi connectivity index (χ0v) is 18.5. The van der Waals surface area contributed by atoms with Crippen molar-refractivity contribution in [3.05, 3.63) is 72.9 Å². The third kappa shape index (κ3) is 6.48. The molecular weight excluding hydrogens is 396 g/mol. The first kappa shape index (κ1) is 29.5. The number of ketones is 3. The van der Waals surface area contributed by atoms with Crippen LogP contribution < -0.4 is 0 Å². The largest absolute Gasteiger partial charge is 0.295 e. The van der Waals surface area contributed by atoms with Crippen LogP contribution >= 0.6 is 0 Å². The number of allylic oxidation sites excluding steroid dienone is 9. The summed E-state index contributed by atoms with van der Waals surface area (Å²) in [6.07, 6.45) is 14.7.